The van der Waals surface area contributed by atoms with Crippen LogP contribution in [-0.2, 0) is 27.9 Å². The van der Waals surface area contributed by atoms with Crippen molar-refractivity contribution in [2.24, 2.45) is 5.92 Å². The molecule has 2 aliphatic rings. The van der Waals surface area contributed by atoms with E-state index in [1.165, 1.54) is 54.4 Å². The molecule has 0 radical (unpaired) electrons. The van der Waals surface area contributed by atoms with E-state index in [0.717, 1.165) is 12.1 Å². The number of rotatable bonds is 7. The molecule has 0 aliphatic carbocycles. The third-order valence-electron chi connectivity index (χ3n) is 6.55. The van der Waals surface area contributed by atoms with Crippen LogP contribution >= 0.6 is 11.6 Å². The maximum absolute atomic E-state index is 13.0. The summed E-state index contributed by atoms with van der Waals surface area (Å²) in [5.41, 5.74) is 2.34. The zero-order valence-corrected chi connectivity index (χ0v) is 20.5. The van der Waals surface area contributed by atoms with E-state index in [1.54, 1.807) is 12.1 Å². The molecule has 2 aromatic rings. The van der Waals surface area contributed by atoms with Crippen molar-refractivity contribution in [3.8, 4) is 0 Å². The fraction of sp³-hybridized carbons (Fsp3) is 0.480. The lowest BCUT2D eigenvalue weighted by Gasteiger charge is -2.31. The molecule has 2 saturated heterocycles. The van der Waals surface area contributed by atoms with Crippen LogP contribution in [0.15, 0.2) is 53.4 Å². The minimum atomic E-state index is -3.64. The number of carbonyl (C=O) groups is 1. The van der Waals surface area contributed by atoms with Gasteiger partial charge < -0.3 is 5.32 Å². The third kappa shape index (κ3) is 6.35. The number of amides is 1. The first-order chi connectivity index (χ1) is 15.9. The number of benzene rings is 2. The lowest BCUT2D eigenvalue weighted by Crippen LogP contribution is -2.45. The third-order valence-corrected chi connectivity index (χ3v) is 8.68. The summed E-state index contributed by atoms with van der Waals surface area (Å²) in [7, 11) is -3.64. The van der Waals surface area contributed by atoms with E-state index >= 15 is 0 Å². The summed E-state index contributed by atoms with van der Waals surface area (Å²) < 4.78 is 27.4. The molecule has 2 fully saturated rings. The molecule has 1 amide bonds. The van der Waals surface area contributed by atoms with Gasteiger partial charge in [-0.25, -0.2) is 8.42 Å². The Morgan fingerprint density at radius 1 is 0.909 bits per heavy atom. The molecule has 0 unspecified atom stereocenters. The van der Waals surface area contributed by atoms with E-state index < -0.39 is 10.0 Å². The van der Waals surface area contributed by atoms with Crippen LogP contribution in [0.2, 0.25) is 5.02 Å². The van der Waals surface area contributed by atoms with Gasteiger partial charge in [0.05, 0.1) is 10.8 Å². The molecule has 1 atom stereocenters. The van der Waals surface area contributed by atoms with E-state index in [9.17, 15) is 13.2 Å². The molecule has 2 heterocycles. The zero-order chi connectivity index (χ0) is 23.3. The minimum absolute atomic E-state index is 0.0941. The Hall–Kier alpha value is -1.93. The Kier molecular flexibility index (Phi) is 8.07. The Bertz CT molecular complexity index is 1040. The number of sulfonamides is 1. The molecule has 8 heteroatoms. The lowest BCUT2D eigenvalue weighted by atomic mass is 9.98. The van der Waals surface area contributed by atoms with Gasteiger partial charge in [0.15, 0.2) is 0 Å². The standard InChI is InChI=1S/C25H32ClN3O3S/c26-23-10-12-24(13-11-23)33(31,32)29-16-4-5-22(19-29)25(30)27-17-20-6-8-21(9-7-20)18-28-14-2-1-3-15-28/h6-13,22H,1-5,14-19H2,(H,27,30)/t22-/m0/s1. The Morgan fingerprint density at radius 3 is 2.27 bits per heavy atom. The number of hydrogen-bond donors (Lipinski definition) is 1. The average molecular weight is 490 g/mol. The van der Waals surface area contributed by atoms with Crippen molar-refractivity contribution in [2.75, 3.05) is 26.2 Å². The van der Waals surface area contributed by atoms with Crippen LogP contribution in [0.25, 0.3) is 0 Å². The van der Waals surface area contributed by atoms with Crippen LogP contribution in [-0.4, -0.2) is 49.7 Å². The van der Waals surface area contributed by atoms with E-state index in [2.05, 4.69) is 34.5 Å². The summed E-state index contributed by atoms with van der Waals surface area (Å²) in [4.78, 5) is 15.5. The van der Waals surface area contributed by atoms with Gasteiger partial charge in [-0.2, -0.15) is 4.31 Å². The van der Waals surface area contributed by atoms with Crippen molar-refractivity contribution in [2.45, 2.75) is 50.1 Å². The van der Waals surface area contributed by atoms with Crippen molar-refractivity contribution in [3.63, 3.8) is 0 Å². The van der Waals surface area contributed by atoms with Crippen LogP contribution in [0.4, 0.5) is 0 Å². The topological polar surface area (TPSA) is 69.7 Å². The van der Waals surface area contributed by atoms with E-state index in [1.807, 2.05) is 0 Å². The SMILES string of the molecule is O=C(NCc1ccc(CN2CCCCC2)cc1)[C@H]1CCCN(S(=O)(=O)c2ccc(Cl)cc2)C1. The number of likely N-dealkylation sites (tertiary alicyclic amines) is 1. The molecular formula is C25H32ClN3O3S. The average Bonchev–Trinajstić information content (AvgIpc) is 2.84. The Morgan fingerprint density at radius 2 is 1.58 bits per heavy atom. The molecule has 0 spiro atoms. The van der Waals surface area contributed by atoms with Crippen LogP contribution in [0.3, 0.4) is 0 Å². The zero-order valence-electron chi connectivity index (χ0n) is 18.9. The van der Waals surface area contributed by atoms with Crippen molar-refractivity contribution in [1.29, 1.82) is 0 Å². The van der Waals surface area contributed by atoms with Gasteiger partial charge in [0.2, 0.25) is 15.9 Å². The van der Waals surface area contributed by atoms with Gasteiger partial charge in [-0.3, -0.25) is 9.69 Å². The molecule has 1 N–H and O–H groups in total. The molecule has 178 valence electrons. The van der Waals surface area contributed by atoms with Gasteiger partial charge in [0, 0.05) is 31.2 Å². The molecule has 2 aliphatic heterocycles. The van der Waals surface area contributed by atoms with Crippen LogP contribution in [0.5, 0.6) is 0 Å². The van der Waals surface area contributed by atoms with Crippen LogP contribution < -0.4 is 5.32 Å². The van der Waals surface area contributed by atoms with Gasteiger partial charge in [-0.05, 0) is 74.2 Å². The van der Waals surface area contributed by atoms with Gasteiger partial charge >= 0.3 is 0 Å². The minimum Gasteiger partial charge on any atom is -0.352 e. The fourth-order valence-corrected chi connectivity index (χ4v) is 6.25. The quantitative estimate of drug-likeness (QED) is 0.637. The number of carbonyl (C=O) groups excluding carboxylic acids is 1. The Balaban J connectivity index is 1.29. The van der Waals surface area contributed by atoms with Crippen molar-refractivity contribution >= 4 is 27.5 Å². The Labute approximate surface area is 202 Å². The van der Waals surface area contributed by atoms with Crippen molar-refractivity contribution in [1.82, 2.24) is 14.5 Å². The summed E-state index contributed by atoms with van der Waals surface area (Å²) in [6.45, 7) is 4.39. The highest BCUT2D eigenvalue weighted by Crippen LogP contribution is 2.25. The van der Waals surface area contributed by atoms with E-state index in [0.29, 0.717) is 31.0 Å². The molecule has 2 aromatic carbocycles. The molecule has 4 rings (SSSR count). The first-order valence-electron chi connectivity index (χ1n) is 11.8. The summed E-state index contributed by atoms with van der Waals surface area (Å²) in [6.07, 6.45) is 5.25. The number of hydrogen-bond acceptors (Lipinski definition) is 4. The van der Waals surface area contributed by atoms with Crippen LogP contribution in [0.1, 0.15) is 43.2 Å². The summed E-state index contributed by atoms with van der Waals surface area (Å²) in [5.74, 6) is -0.442. The van der Waals surface area contributed by atoms with Gasteiger partial charge in [-0.1, -0.05) is 42.3 Å². The highest BCUT2D eigenvalue weighted by molar-refractivity contribution is 7.89. The smallest absolute Gasteiger partial charge is 0.243 e. The summed E-state index contributed by atoms with van der Waals surface area (Å²) in [5, 5.41) is 3.49. The molecule has 6 nitrogen and oxygen atoms in total. The first-order valence-corrected chi connectivity index (χ1v) is 13.6. The van der Waals surface area contributed by atoms with Crippen molar-refractivity contribution in [3.05, 3.63) is 64.7 Å². The number of halogens is 1. The molecule has 33 heavy (non-hydrogen) atoms. The monoisotopic (exact) mass is 489 g/mol. The molecule has 0 bridgehead atoms. The molecular weight excluding hydrogens is 458 g/mol. The largest absolute Gasteiger partial charge is 0.352 e. The molecule has 0 aromatic heterocycles. The normalized spacial score (nSPS) is 20.5. The second kappa shape index (κ2) is 11.0. The predicted octanol–water partition coefficient (Wildman–Crippen LogP) is 4.04. The predicted molar refractivity (Wildman–Crippen MR) is 130 cm³/mol. The van der Waals surface area contributed by atoms with E-state index in [4.69, 9.17) is 11.6 Å². The first kappa shape index (κ1) is 24.2. The highest BCUT2D eigenvalue weighted by atomic mass is 35.5. The van der Waals surface area contributed by atoms with Gasteiger partial charge in [-0.15, -0.1) is 0 Å². The summed E-state index contributed by atoms with van der Waals surface area (Å²) >= 11 is 5.89. The van der Waals surface area contributed by atoms with Crippen LogP contribution in [0, 0.1) is 5.92 Å². The maximum atomic E-state index is 13.0. The number of piperidine rings is 2. The number of nitrogens with one attached hydrogen (secondary N) is 1. The number of nitrogens with zero attached hydrogens (tertiary/aromatic N) is 2. The molecule has 0 saturated carbocycles. The highest BCUT2D eigenvalue weighted by Gasteiger charge is 2.33. The van der Waals surface area contributed by atoms with Gasteiger partial charge in [0.25, 0.3) is 0 Å². The maximum Gasteiger partial charge on any atom is 0.243 e. The lowest BCUT2D eigenvalue weighted by molar-refractivity contribution is -0.126. The fourth-order valence-electron chi connectivity index (χ4n) is 4.60. The van der Waals surface area contributed by atoms with E-state index in [-0.39, 0.29) is 23.3 Å². The van der Waals surface area contributed by atoms with Crippen molar-refractivity contribution < 1.29 is 13.2 Å². The van der Waals surface area contributed by atoms with Gasteiger partial charge in [0.1, 0.15) is 0 Å². The second-order valence-corrected chi connectivity index (χ2v) is 11.4. The second-order valence-electron chi connectivity index (χ2n) is 9.03. The summed E-state index contributed by atoms with van der Waals surface area (Å²) in [6, 6.07) is 14.6.